The highest BCUT2D eigenvalue weighted by Crippen LogP contribution is 2.38. The summed E-state index contributed by atoms with van der Waals surface area (Å²) in [5.74, 6) is -0.565. The summed E-state index contributed by atoms with van der Waals surface area (Å²) >= 11 is 0. The quantitative estimate of drug-likeness (QED) is 0.761. The Morgan fingerprint density at radius 1 is 1.38 bits per heavy atom. The first kappa shape index (κ1) is 10.7. The number of ether oxygens (including phenoxy) is 1. The third-order valence-corrected chi connectivity index (χ3v) is 3.15. The van der Waals surface area contributed by atoms with Gasteiger partial charge in [-0.2, -0.15) is 18.3 Å². The zero-order chi connectivity index (χ0) is 17.8. The molecule has 0 N–H and O–H groups in total. The van der Waals surface area contributed by atoms with Crippen LogP contribution in [0.4, 0.5) is 17.6 Å². The van der Waals surface area contributed by atoms with Crippen molar-refractivity contribution in [3.63, 3.8) is 0 Å². The highest BCUT2D eigenvalue weighted by atomic mass is 19.4. The van der Waals surface area contributed by atoms with E-state index >= 15 is 0 Å². The molecule has 0 fully saturated rings. The maximum Gasteiger partial charge on any atom is 0.419 e. The molecule has 2 aromatic heterocycles. The largest absolute Gasteiger partial charge is 0.419 e. The Morgan fingerprint density at radius 2 is 2.19 bits per heavy atom. The number of rotatable bonds is 1. The Bertz CT molecular complexity index is 741. The second-order valence-corrected chi connectivity index (χ2v) is 4.65. The minimum Gasteiger partial charge on any atom is -0.358 e. The molecule has 0 aromatic carbocycles. The van der Waals surface area contributed by atoms with Crippen LogP contribution in [-0.4, -0.2) is 26.5 Å². The third-order valence-electron chi connectivity index (χ3n) is 3.15. The summed E-state index contributed by atoms with van der Waals surface area (Å²) in [5.41, 5.74) is -2.59. The van der Waals surface area contributed by atoms with Crippen molar-refractivity contribution in [2.24, 2.45) is 0 Å². The molecule has 0 amide bonds. The third kappa shape index (κ3) is 2.39. The fourth-order valence-electron chi connectivity index (χ4n) is 1.99. The van der Waals surface area contributed by atoms with Crippen LogP contribution in [0.25, 0.3) is 11.4 Å². The Labute approximate surface area is 121 Å². The summed E-state index contributed by atoms with van der Waals surface area (Å²) in [6, 6.07) is 3.89. The maximum absolute atomic E-state index is 13.4. The lowest BCUT2D eigenvalue weighted by Gasteiger charge is -2.35. The van der Waals surface area contributed by atoms with Gasteiger partial charge in [-0.3, -0.25) is 9.67 Å². The van der Waals surface area contributed by atoms with Gasteiger partial charge in [0, 0.05) is 4.11 Å². The SMILES string of the molecule is [2H]C([2H])([2H])C1(C(F)(F)F)Cn2nc(-c3ccc(F)cn3)cc2CO1. The summed E-state index contributed by atoms with van der Waals surface area (Å²) in [5, 5.41) is 3.97. The minimum absolute atomic E-state index is 0.206. The van der Waals surface area contributed by atoms with Gasteiger partial charge in [0.15, 0.2) is 5.60 Å². The first-order valence-electron chi connectivity index (χ1n) is 7.43. The van der Waals surface area contributed by atoms with Gasteiger partial charge in [0.1, 0.15) is 11.5 Å². The number of aromatic nitrogens is 3. The number of alkyl halides is 3. The lowest BCUT2D eigenvalue weighted by atomic mass is 10.1. The predicted octanol–water partition coefficient (Wildman–Crippen LogP) is 2.94. The summed E-state index contributed by atoms with van der Waals surface area (Å²) in [6.07, 6.45) is -4.15. The molecular formula is C13H11F4N3O. The molecule has 21 heavy (non-hydrogen) atoms. The van der Waals surface area contributed by atoms with Crippen molar-refractivity contribution in [1.29, 1.82) is 0 Å². The fraction of sp³-hybridized carbons (Fsp3) is 0.385. The molecule has 0 saturated carbocycles. The second-order valence-electron chi connectivity index (χ2n) is 4.65. The van der Waals surface area contributed by atoms with Crippen LogP contribution in [0.3, 0.4) is 0 Å². The minimum atomic E-state index is -5.10. The van der Waals surface area contributed by atoms with E-state index in [9.17, 15) is 17.6 Å². The lowest BCUT2D eigenvalue weighted by molar-refractivity contribution is -0.287. The van der Waals surface area contributed by atoms with E-state index < -0.39 is 37.6 Å². The Kier molecular flexibility index (Phi) is 2.31. The van der Waals surface area contributed by atoms with Gasteiger partial charge in [-0.1, -0.05) is 0 Å². The number of fused-ring (bicyclic) bond motifs is 1. The van der Waals surface area contributed by atoms with Gasteiger partial charge in [-0.25, -0.2) is 4.39 Å². The van der Waals surface area contributed by atoms with Crippen LogP contribution in [0, 0.1) is 5.82 Å². The number of nitrogens with zero attached hydrogens (tertiary/aromatic N) is 3. The molecule has 0 bridgehead atoms. The molecule has 0 spiro atoms. The van der Waals surface area contributed by atoms with E-state index in [1.165, 1.54) is 12.1 Å². The molecule has 3 rings (SSSR count). The smallest absolute Gasteiger partial charge is 0.358 e. The van der Waals surface area contributed by atoms with Crippen molar-refractivity contribution >= 4 is 0 Å². The Hall–Kier alpha value is -1.96. The van der Waals surface area contributed by atoms with E-state index in [2.05, 4.69) is 10.1 Å². The van der Waals surface area contributed by atoms with E-state index in [0.717, 1.165) is 16.9 Å². The van der Waals surface area contributed by atoms with Gasteiger partial charge in [0.05, 0.1) is 30.7 Å². The van der Waals surface area contributed by atoms with Gasteiger partial charge >= 0.3 is 6.18 Å². The van der Waals surface area contributed by atoms with E-state index in [-0.39, 0.29) is 17.1 Å². The van der Waals surface area contributed by atoms with Crippen LogP contribution in [0.5, 0.6) is 0 Å². The molecule has 0 radical (unpaired) electrons. The molecule has 8 heteroatoms. The summed E-state index contributed by atoms with van der Waals surface area (Å²) < 4.78 is 80.5. The summed E-state index contributed by atoms with van der Waals surface area (Å²) in [7, 11) is 0. The fourth-order valence-corrected chi connectivity index (χ4v) is 1.99. The van der Waals surface area contributed by atoms with Crippen molar-refractivity contribution in [2.45, 2.75) is 31.8 Å². The van der Waals surface area contributed by atoms with Gasteiger partial charge < -0.3 is 4.74 Å². The van der Waals surface area contributed by atoms with Crippen LogP contribution < -0.4 is 0 Å². The molecule has 1 atom stereocenters. The summed E-state index contributed by atoms with van der Waals surface area (Å²) in [4.78, 5) is 3.80. The average Bonchev–Trinajstić information content (AvgIpc) is 2.88. The topological polar surface area (TPSA) is 39.9 Å². The molecule has 4 nitrogen and oxygen atoms in total. The Morgan fingerprint density at radius 3 is 2.81 bits per heavy atom. The first-order valence-corrected chi connectivity index (χ1v) is 5.93. The number of pyridine rings is 1. The van der Waals surface area contributed by atoms with Crippen molar-refractivity contribution < 1.29 is 26.4 Å². The highest BCUT2D eigenvalue weighted by molar-refractivity contribution is 5.54. The molecule has 2 aromatic rings. The van der Waals surface area contributed by atoms with E-state index in [0.29, 0.717) is 0 Å². The van der Waals surface area contributed by atoms with E-state index in [1.54, 1.807) is 0 Å². The molecule has 1 unspecified atom stereocenters. The molecule has 3 heterocycles. The maximum atomic E-state index is 13.4. The molecule has 112 valence electrons. The van der Waals surface area contributed by atoms with Gasteiger partial charge in [-0.05, 0) is 25.1 Å². The molecular weight excluding hydrogens is 290 g/mol. The van der Waals surface area contributed by atoms with Crippen molar-refractivity contribution in [1.82, 2.24) is 14.8 Å². The van der Waals surface area contributed by atoms with Gasteiger partial charge in [0.25, 0.3) is 0 Å². The van der Waals surface area contributed by atoms with Crippen molar-refractivity contribution in [2.75, 3.05) is 0 Å². The zero-order valence-electron chi connectivity index (χ0n) is 13.5. The molecule has 1 aliphatic rings. The van der Waals surface area contributed by atoms with Crippen molar-refractivity contribution in [3.05, 3.63) is 35.9 Å². The molecule has 1 aliphatic heterocycles. The number of halogens is 4. The zero-order valence-corrected chi connectivity index (χ0v) is 10.5. The highest BCUT2D eigenvalue weighted by Gasteiger charge is 2.54. The monoisotopic (exact) mass is 304 g/mol. The summed E-state index contributed by atoms with van der Waals surface area (Å²) in [6.45, 7) is -4.97. The molecule has 0 saturated heterocycles. The normalized spacial score (nSPS) is 24.9. The molecule has 0 aliphatic carbocycles. The second kappa shape index (κ2) is 4.52. The lowest BCUT2D eigenvalue weighted by Crippen LogP contribution is -2.51. The number of hydrogen-bond donors (Lipinski definition) is 0. The average molecular weight is 304 g/mol. The number of hydrogen-bond acceptors (Lipinski definition) is 3. The van der Waals surface area contributed by atoms with Crippen molar-refractivity contribution in [3.8, 4) is 11.4 Å². The van der Waals surface area contributed by atoms with Crippen LogP contribution in [0.2, 0.25) is 0 Å². The van der Waals surface area contributed by atoms with Crippen LogP contribution >= 0.6 is 0 Å². The van der Waals surface area contributed by atoms with Crippen LogP contribution in [0.1, 0.15) is 16.7 Å². The predicted molar refractivity (Wildman–Crippen MR) is 64.7 cm³/mol. The van der Waals surface area contributed by atoms with Crippen LogP contribution in [-0.2, 0) is 17.9 Å². The standard InChI is InChI=1S/C13H11F4N3O/c1-12(13(15,16)17)7-20-9(6-21-12)4-11(19-20)10-3-2-8(14)5-18-10/h2-5H,6-7H2,1H3/i1D3. The Balaban J connectivity index is 2.00. The van der Waals surface area contributed by atoms with Gasteiger partial charge in [-0.15, -0.1) is 0 Å². The van der Waals surface area contributed by atoms with Crippen LogP contribution in [0.15, 0.2) is 24.4 Å². The first-order chi connectivity index (χ1) is 11.0. The van der Waals surface area contributed by atoms with E-state index in [1.807, 2.05) is 0 Å². The van der Waals surface area contributed by atoms with Gasteiger partial charge in [0.2, 0.25) is 0 Å². The van der Waals surface area contributed by atoms with E-state index in [4.69, 9.17) is 8.85 Å².